The molecule has 2 heterocycles. The van der Waals surface area contributed by atoms with Crippen LogP contribution in [-0.4, -0.2) is 22.4 Å². The summed E-state index contributed by atoms with van der Waals surface area (Å²) in [5, 5.41) is 6.08. The SMILES string of the molecule is CCNC(=O)c1cc(NC(C)c2ccncc2)ccn1. The molecule has 0 aliphatic carbocycles. The van der Waals surface area contributed by atoms with Crippen LogP contribution in [0, 0.1) is 0 Å². The van der Waals surface area contributed by atoms with Crippen molar-refractivity contribution in [3.05, 3.63) is 54.1 Å². The summed E-state index contributed by atoms with van der Waals surface area (Å²) in [5.41, 5.74) is 2.42. The van der Waals surface area contributed by atoms with Crippen LogP contribution >= 0.6 is 0 Å². The Kier molecular flexibility index (Phi) is 4.65. The standard InChI is InChI=1S/C15H18N4O/c1-3-17-15(20)14-10-13(6-9-18-14)19-11(2)12-4-7-16-8-5-12/h4-11H,3H2,1-2H3,(H,17,20)(H,18,19). The first-order chi connectivity index (χ1) is 9.70. The number of pyridine rings is 2. The second kappa shape index (κ2) is 6.65. The van der Waals surface area contributed by atoms with Crippen molar-refractivity contribution in [1.29, 1.82) is 0 Å². The molecule has 1 amide bonds. The summed E-state index contributed by atoms with van der Waals surface area (Å²) in [6, 6.07) is 7.65. The van der Waals surface area contributed by atoms with E-state index in [9.17, 15) is 4.79 Å². The molecule has 2 aromatic rings. The lowest BCUT2D eigenvalue weighted by atomic mass is 10.1. The molecule has 1 atom stereocenters. The predicted octanol–water partition coefficient (Wildman–Crippen LogP) is 2.40. The van der Waals surface area contributed by atoms with Crippen molar-refractivity contribution >= 4 is 11.6 Å². The van der Waals surface area contributed by atoms with E-state index in [0.29, 0.717) is 12.2 Å². The summed E-state index contributed by atoms with van der Waals surface area (Å²) in [7, 11) is 0. The van der Waals surface area contributed by atoms with Crippen molar-refractivity contribution in [3.8, 4) is 0 Å². The van der Waals surface area contributed by atoms with Crippen LogP contribution < -0.4 is 10.6 Å². The van der Waals surface area contributed by atoms with E-state index in [2.05, 4.69) is 27.5 Å². The molecular formula is C15H18N4O. The zero-order valence-electron chi connectivity index (χ0n) is 11.6. The van der Waals surface area contributed by atoms with Gasteiger partial charge in [0.2, 0.25) is 0 Å². The van der Waals surface area contributed by atoms with E-state index in [4.69, 9.17) is 0 Å². The molecule has 0 fully saturated rings. The van der Waals surface area contributed by atoms with E-state index in [1.165, 1.54) is 0 Å². The highest BCUT2D eigenvalue weighted by Crippen LogP contribution is 2.18. The fourth-order valence-electron chi connectivity index (χ4n) is 1.88. The molecule has 0 bridgehead atoms. The number of amides is 1. The minimum atomic E-state index is -0.160. The number of rotatable bonds is 5. The molecule has 5 heteroatoms. The maximum absolute atomic E-state index is 11.7. The Balaban J connectivity index is 2.10. The molecule has 20 heavy (non-hydrogen) atoms. The van der Waals surface area contributed by atoms with E-state index in [1.807, 2.05) is 25.1 Å². The molecule has 0 saturated carbocycles. The fraction of sp³-hybridized carbons (Fsp3) is 0.267. The Morgan fingerprint density at radius 2 is 2.00 bits per heavy atom. The van der Waals surface area contributed by atoms with Crippen LogP contribution in [0.1, 0.15) is 35.9 Å². The molecular weight excluding hydrogens is 252 g/mol. The zero-order chi connectivity index (χ0) is 14.4. The number of aromatic nitrogens is 2. The van der Waals surface area contributed by atoms with Crippen molar-refractivity contribution in [3.63, 3.8) is 0 Å². The summed E-state index contributed by atoms with van der Waals surface area (Å²) < 4.78 is 0. The molecule has 2 aromatic heterocycles. The van der Waals surface area contributed by atoms with Gasteiger partial charge < -0.3 is 10.6 Å². The van der Waals surface area contributed by atoms with Gasteiger partial charge in [-0.3, -0.25) is 14.8 Å². The molecule has 0 spiro atoms. The zero-order valence-corrected chi connectivity index (χ0v) is 11.6. The lowest BCUT2D eigenvalue weighted by Gasteiger charge is -2.15. The smallest absolute Gasteiger partial charge is 0.269 e. The van der Waals surface area contributed by atoms with Crippen LogP contribution in [-0.2, 0) is 0 Å². The average Bonchev–Trinajstić information content (AvgIpc) is 2.48. The van der Waals surface area contributed by atoms with Crippen LogP contribution in [0.5, 0.6) is 0 Å². The van der Waals surface area contributed by atoms with Crippen molar-refractivity contribution in [2.24, 2.45) is 0 Å². The van der Waals surface area contributed by atoms with Crippen LogP contribution in [0.4, 0.5) is 5.69 Å². The van der Waals surface area contributed by atoms with Gasteiger partial charge in [0.05, 0.1) is 0 Å². The second-order valence-electron chi connectivity index (χ2n) is 4.44. The lowest BCUT2D eigenvalue weighted by Crippen LogP contribution is -2.23. The number of hydrogen-bond donors (Lipinski definition) is 2. The van der Waals surface area contributed by atoms with Crippen molar-refractivity contribution in [2.45, 2.75) is 19.9 Å². The van der Waals surface area contributed by atoms with Gasteiger partial charge in [0, 0.05) is 36.9 Å². The molecule has 0 saturated heterocycles. The lowest BCUT2D eigenvalue weighted by molar-refractivity contribution is 0.0951. The molecule has 104 valence electrons. The van der Waals surface area contributed by atoms with Gasteiger partial charge in [-0.1, -0.05) is 0 Å². The molecule has 1 unspecified atom stereocenters. The Bertz CT molecular complexity index is 571. The highest BCUT2D eigenvalue weighted by molar-refractivity contribution is 5.93. The highest BCUT2D eigenvalue weighted by atomic mass is 16.1. The van der Waals surface area contributed by atoms with Crippen molar-refractivity contribution in [2.75, 3.05) is 11.9 Å². The second-order valence-corrected chi connectivity index (χ2v) is 4.44. The average molecular weight is 270 g/mol. The molecule has 2 N–H and O–H groups in total. The first kappa shape index (κ1) is 14.0. The number of nitrogens with one attached hydrogen (secondary N) is 2. The highest BCUT2D eigenvalue weighted by Gasteiger charge is 2.09. The quantitative estimate of drug-likeness (QED) is 0.875. The fourth-order valence-corrected chi connectivity index (χ4v) is 1.88. The molecule has 0 aliphatic heterocycles. The van der Waals surface area contributed by atoms with E-state index < -0.39 is 0 Å². The maximum Gasteiger partial charge on any atom is 0.269 e. The normalized spacial score (nSPS) is 11.7. The van der Waals surface area contributed by atoms with E-state index in [0.717, 1.165) is 11.3 Å². The summed E-state index contributed by atoms with van der Waals surface area (Å²) >= 11 is 0. The van der Waals surface area contributed by atoms with Gasteiger partial charge in [-0.05, 0) is 43.7 Å². The van der Waals surface area contributed by atoms with E-state index in [1.54, 1.807) is 24.7 Å². The molecule has 0 radical (unpaired) electrons. The van der Waals surface area contributed by atoms with Crippen LogP contribution in [0.25, 0.3) is 0 Å². The minimum absolute atomic E-state index is 0.127. The number of carbonyl (C=O) groups is 1. The summed E-state index contributed by atoms with van der Waals surface area (Å²) in [4.78, 5) is 19.8. The summed E-state index contributed by atoms with van der Waals surface area (Å²) in [6.45, 7) is 4.53. The first-order valence-corrected chi connectivity index (χ1v) is 6.61. The Morgan fingerprint density at radius 3 is 2.70 bits per heavy atom. The van der Waals surface area contributed by atoms with E-state index in [-0.39, 0.29) is 11.9 Å². The number of anilines is 1. The molecule has 0 aliphatic rings. The van der Waals surface area contributed by atoms with E-state index >= 15 is 0 Å². The van der Waals surface area contributed by atoms with Gasteiger partial charge in [-0.2, -0.15) is 0 Å². The van der Waals surface area contributed by atoms with Gasteiger partial charge in [0.1, 0.15) is 5.69 Å². The summed E-state index contributed by atoms with van der Waals surface area (Å²) in [6.07, 6.45) is 5.16. The van der Waals surface area contributed by atoms with Gasteiger partial charge >= 0.3 is 0 Å². The third-order valence-electron chi connectivity index (χ3n) is 2.92. The summed E-state index contributed by atoms with van der Waals surface area (Å²) in [5.74, 6) is -0.160. The topological polar surface area (TPSA) is 66.9 Å². The Morgan fingerprint density at radius 1 is 1.25 bits per heavy atom. The molecule has 5 nitrogen and oxygen atoms in total. The first-order valence-electron chi connectivity index (χ1n) is 6.61. The van der Waals surface area contributed by atoms with Gasteiger partial charge in [0.25, 0.3) is 5.91 Å². The van der Waals surface area contributed by atoms with Crippen molar-refractivity contribution < 1.29 is 4.79 Å². The Labute approximate surface area is 118 Å². The predicted molar refractivity (Wildman–Crippen MR) is 78.5 cm³/mol. The molecule has 0 aromatic carbocycles. The monoisotopic (exact) mass is 270 g/mol. The molecule has 2 rings (SSSR count). The van der Waals surface area contributed by atoms with Crippen LogP contribution in [0.2, 0.25) is 0 Å². The number of nitrogens with zero attached hydrogens (tertiary/aromatic N) is 2. The van der Waals surface area contributed by atoms with Crippen LogP contribution in [0.3, 0.4) is 0 Å². The van der Waals surface area contributed by atoms with Gasteiger partial charge in [-0.25, -0.2) is 0 Å². The van der Waals surface area contributed by atoms with Gasteiger partial charge in [-0.15, -0.1) is 0 Å². The van der Waals surface area contributed by atoms with Crippen molar-refractivity contribution in [1.82, 2.24) is 15.3 Å². The number of hydrogen-bond acceptors (Lipinski definition) is 4. The largest absolute Gasteiger partial charge is 0.378 e. The third-order valence-corrected chi connectivity index (χ3v) is 2.92. The minimum Gasteiger partial charge on any atom is -0.378 e. The maximum atomic E-state index is 11.7. The third kappa shape index (κ3) is 3.54. The van der Waals surface area contributed by atoms with Gasteiger partial charge in [0.15, 0.2) is 0 Å². The number of carbonyl (C=O) groups excluding carboxylic acids is 1. The Hall–Kier alpha value is -2.43. The van der Waals surface area contributed by atoms with Crippen LogP contribution in [0.15, 0.2) is 42.9 Å².